The van der Waals surface area contributed by atoms with Gasteiger partial charge in [0, 0.05) is 6.54 Å². The summed E-state index contributed by atoms with van der Waals surface area (Å²) in [6.45, 7) is 2.91. The van der Waals surface area contributed by atoms with Crippen molar-refractivity contribution in [3.05, 3.63) is 58.9 Å². The molecule has 0 unspecified atom stereocenters. The number of hydrogen-bond donors (Lipinski definition) is 2. The normalized spacial score (nSPS) is 14.8. The number of nitrogens with one attached hydrogen (secondary N) is 1. The largest absolute Gasteiger partial charge is 0.416 e. The Morgan fingerprint density at radius 2 is 2.12 bits per heavy atom. The second-order valence-electron chi connectivity index (χ2n) is 6.15. The third-order valence-corrected chi connectivity index (χ3v) is 4.45. The molecule has 0 bridgehead atoms. The van der Waals surface area contributed by atoms with Crippen LogP contribution in [0.1, 0.15) is 28.8 Å². The number of nitrogens with two attached hydrogens (primary N) is 1. The van der Waals surface area contributed by atoms with E-state index in [1.807, 2.05) is 12.1 Å². The van der Waals surface area contributed by atoms with E-state index in [-0.39, 0.29) is 12.1 Å². The van der Waals surface area contributed by atoms with Crippen LogP contribution in [0.5, 0.6) is 0 Å². The monoisotopic (exact) mass is 363 g/mol. The van der Waals surface area contributed by atoms with E-state index in [4.69, 9.17) is 10.5 Å². The van der Waals surface area contributed by atoms with Gasteiger partial charge >= 0.3 is 6.18 Å². The molecule has 0 fully saturated rings. The Balaban J connectivity index is 1.81. The summed E-state index contributed by atoms with van der Waals surface area (Å²) in [6.07, 6.45) is -0.0582. The van der Waals surface area contributed by atoms with Crippen LogP contribution in [0.4, 0.5) is 24.5 Å². The smallest absolute Gasteiger partial charge is 0.396 e. The van der Waals surface area contributed by atoms with Crippen molar-refractivity contribution < 1.29 is 17.9 Å². The number of halogens is 3. The first-order valence-corrected chi connectivity index (χ1v) is 8.28. The van der Waals surface area contributed by atoms with Crippen LogP contribution in [-0.2, 0) is 17.5 Å². The summed E-state index contributed by atoms with van der Waals surface area (Å²) in [5, 5.41) is 3.14. The van der Waals surface area contributed by atoms with E-state index in [0.717, 1.165) is 23.8 Å². The lowest BCUT2D eigenvalue weighted by atomic mass is 10.0. The van der Waals surface area contributed by atoms with Crippen molar-refractivity contribution in [3.63, 3.8) is 0 Å². The van der Waals surface area contributed by atoms with Crippen LogP contribution >= 0.6 is 0 Å². The van der Waals surface area contributed by atoms with Gasteiger partial charge in [-0.1, -0.05) is 18.2 Å². The van der Waals surface area contributed by atoms with Gasteiger partial charge in [-0.2, -0.15) is 13.2 Å². The second-order valence-corrected chi connectivity index (χ2v) is 6.15. The van der Waals surface area contributed by atoms with Crippen LogP contribution in [0.15, 0.2) is 36.5 Å². The van der Waals surface area contributed by atoms with Gasteiger partial charge in [0.05, 0.1) is 42.0 Å². The fraction of sp³-hybridized carbons (Fsp3) is 0.316. The fourth-order valence-corrected chi connectivity index (χ4v) is 2.93. The van der Waals surface area contributed by atoms with Gasteiger partial charge in [0.15, 0.2) is 0 Å². The van der Waals surface area contributed by atoms with E-state index in [0.29, 0.717) is 30.2 Å². The standard InChI is InChI=1S/C19H20F3N3O/c1-12-14(3-2-4-15(12)19(20,21)22)10-24-18-9-17(25-11-16(18)23)13-5-7-26-8-6-13/h2-5,9,11H,6-8,10,23H2,1H3,(H,24,25). The number of ether oxygens (including phenoxy) is 1. The number of hydrogen-bond acceptors (Lipinski definition) is 4. The molecule has 3 rings (SSSR count). The summed E-state index contributed by atoms with van der Waals surface area (Å²) in [6, 6.07) is 6.02. The number of aromatic nitrogens is 1. The van der Waals surface area contributed by atoms with Gasteiger partial charge in [0.2, 0.25) is 0 Å². The first-order valence-electron chi connectivity index (χ1n) is 8.28. The number of anilines is 2. The minimum Gasteiger partial charge on any atom is -0.396 e. The van der Waals surface area contributed by atoms with Crippen molar-refractivity contribution in [3.8, 4) is 0 Å². The number of alkyl halides is 3. The van der Waals surface area contributed by atoms with Gasteiger partial charge in [-0.05, 0) is 42.2 Å². The first kappa shape index (κ1) is 18.3. The molecule has 4 nitrogen and oxygen atoms in total. The molecule has 0 aliphatic carbocycles. The topological polar surface area (TPSA) is 60.2 Å². The second kappa shape index (κ2) is 7.37. The highest BCUT2D eigenvalue weighted by Gasteiger charge is 2.32. The van der Waals surface area contributed by atoms with E-state index < -0.39 is 11.7 Å². The zero-order valence-corrected chi connectivity index (χ0v) is 14.4. The van der Waals surface area contributed by atoms with Gasteiger partial charge in [-0.15, -0.1) is 0 Å². The molecule has 0 spiro atoms. The van der Waals surface area contributed by atoms with E-state index >= 15 is 0 Å². The molecule has 1 aliphatic rings. The molecule has 0 saturated carbocycles. The lowest BCUT2D eigenvalue weighted by molar-refractivity contribution is -0.138. The third kappa shape index (κ3) is 3.99. The summed E-state index contributed by atoms with van der Waals surface area (Å²) in [5.41, 5.74) is 9.12. The van der Waals surface area contributed by atoms with E-state index in [9.17, 15) is 13.2 Å². The van der Waals surface area contributed by atoms with Crippen LogP contribution in [0.25, 0.3) is 5.57 Å². The van der Waals surface area contributed by atoms with E-state index in [1.165, 1.54) is 13.0 Å². The summed E-state index contributed by atoms with van der Waals surface area (Å²) in [7, 11) is 0. The maximum atomic E-state index is 13.0. The quantitative estimate of drug-likeness (QED) is 0.845. The Hall–Kier alpha value is -2.54. The van der Waals surface area contributed by atoms with Crippen LogP contribution in [0.3, 0.4) is 0 Å². The zero-order chi connectivity index (χ0) is 18.7. The predicted molar refractivity (Wildman–Crippen MR) is 95.6 cm³/mol. The minimum atomic E-state index is -4.36. The van der Waals surface area contributed by atoms with E-state index in [2.05, 4.69) is 10.3 Å². The zero-order valence-electron chi connectivity index (χ0n) is 14.4. The molecule has 2 heterocycles. The number of pyridine rings is 1. The van der Waals surface area contributed by atoms with Gasteiger partial charge in [0.1, 0.15) is 0 Å². The third-order valence-electron chi connectivity index (χ3n) is 4.45. The Labute approximate surface area is 149 Å². The molecule has 0 atom stereocenters. The van der Waals surface area contributed by atoms with Crippen molar-refractivity contribution in [2.75, 3.05) is 24.3 Å². The molecule has 3 N–H and O–H groups in total. The number of benzene rings is 1. The fourth-order valence-electron chi connectivity index (χ4n) is 2.93. The SMILES string of the molecule is Cc1c(CNc2cc(C3=CCOCC3)ncc2N)cccc1C(F)(F)F. The molecule has 7 heteroatoms. The Bertz CT molecular complexity index is 831. The molecule has 0 amide bonds. The van der Waals surface area contributed by atoms with Crippen LogP contribution < -0.4 is 11.1 Å². The summed E-state index contributed by atoms with van der Waals surface area (Å²) >= 11 is 0. The van der Waals surface area contributed by atoms with E-state index in [1.54, 1.807) is 12.3 Å². The molecule has 26 heavy (non-hydrogen) atoms. The number of nitrogens with zero attached hydrogens (tertiary/aromatic N) is 1. The van der Waals surface area contributed by atoms with Gasteiger partial charge in [0.25, 0.3) is 0 Å². The average molecular weight is 363 g/mol. The highest BCUT2D eigenvalue weighted by atomic mass is 19.4. The molecule has 1 aromatic carbocycles. The average Bonchev–Trinajstić information content (AvgIpc) is 2.62. The summed E-state index contributed by atoms with van der Waals surface area (Å²) < 4.78 is 44.4. The highest BCUT2D eigenvalue weighted by Crippen LogP contribution is 2.33. The number of nitrogen functional groups attached to an aromatic ring is 1. The van der Waals surface area contributed by atoms with Crippen LogP contribution in [0, 0.1) is 6.92 Å². The van der Waals surface area contributed by atoms with Crippen molar-refractivity contribution >= 4 is 16.9 Å². The lowest BCUT2D eigenvalue weighted by Crippen LogP contribution is -2.11. The number of rotatable bonds is 4. The minimum absolute atomic E-state index is 0.215. The molecule has 0 radical (unpaired) electrons. The Morgan fingerprint density at radius 3 is 2.81 bits per heavy atom. The van der Waals surface area contributed by atoms with Crippen LogP contribution in [-0.4, -0.2) is 18.2 Å². The first-order chi connectivity index (χ1) is 12.4. The van der Waals surface area contributed by atoms with Gasteiger partial charge in [-0.25, -0.2) is 0 Å². The molecule has 138 valence electrons. The molecule has 2 aromatic rings. The molecule has 1 aromatic heterocycles. The van der Waals surface area contributed by atoms with Crippen molar-refractivity contribution in [1.29, 1.82) is 0 Å². The lowest BCUT2D eigenvalue weighted by Gasteiger charge is -2.17. The van der Waals surface area contributed by atoms with Gasteiger partial charge in [-0.3, -0.25) is 4.98 Å². The summed E-state index contributed by atoms with van der Waals surface area (Å²) in [5.74, 6) is 0. The van der Waals surface area contributed by atoms with Crippen molar-refractivity contribution in [2.24, 2.45) is 0 Å². The Morgan fingerprint density at radius 1 is 1.31 bits per heavy atom. The van der Waals surface area contributed by atoms with Crippen LogP contribution in [0.2, 0.25) is 0 Å². The van der Waals surface area contributed by atoms with Crippen molar-refractivity contribution in [1.82, 2.24) is 4.98 Å². The molecule has 1 aliphatic heterocycles. The summed E-state index contributed by atoms with van der Waals surface area (Å²) in [4.78, 5) is 4.34. The molecular weight excluding hydrogens is 343 g/mol. The maximum Gasteiger partial charge on any atom is 0.416 e. The van der Waals surface area contributed by atoms with Crippen molar-refractivity contribution in [2.45, 2.75) is 26.1 Å². The highest BCUT2D eigenvalue weighted by molar-refractivity contribution is 5.72. The van der Waals surface area contributed by atoms with Gasteiger partial charge < -0.3 is 15.8 Å². The maximum absolute atomic E-state index is 13.0. The Kier molecular flexibility index (Phi) is 5.18. The molecular formula is C19H20F3N3O. The molecule has 0 saturated heterocycles. The predicted octanol–water partition coefficient (Wildman–Crippen LogP) is 4.41.